The van der Waals surface area contributed by atoms with Crippen molar-refractivity contribution in [2.75, 3.05) is 5.73 Å². The van der Waals surface area contributed by atoms with E-state index in [9.17, 15) is 0 Å². The van der Waals surface area contributed by atoms with Crippen LogP contribution >= 0.6 is 0 Å². The number of nitrogens with two attached hydrogens (primary N) is 1. The predicted molar refractivity (Wildman–Crippen MR) is 74.9 cm³/mol. The fourth-order valence-corrected chi connectivity index (χ4v) is 1.53. The van der Waals surface area contributed by atoms with E-state index in [4.69, 9.17) is 5.73 Å². The smallest absolute Gasteiger partial charge is 0.118 e. The Bertz CT molecular complexity index is 507. The summed E-state index contributed by atoms with van der Waals surface area (Å²) in [6, 6.07) is 22.5. The molecule has 0 amide bonds. The van der Waals surface area contributed by atoms with Gasteiger partial charge in [-0.3, -0.25) is 5.10 Å². The number of nitrogen functional groups attached to an aromatic ring is 1. The van der Waals surface area contributed by atoms with Gasteiger partial charge in [0, 0.05) is 0 Å². The van der Waals surface area contributed by atoms with Crippen molar-refractivity contribution in [2.45, 2.75) is 0 Å². The molecular formula is C15H15N3. The lowest BCUT2D eigenvalue weighted by atomic mass is 10.1. The van der Waals surface area contributed by atoms with Gasteiger partial charge < -0.3 is 5.73 Å². The molecule has 0 atom stereocenters. The summed E-state index contributed by atoms with van der Waals surface area (Å²) in [7, 11) is 0. The number of H-pyrrole nitrogens is 1. The number of hydrogen-bond donors (Lipinski definition) is 2. The summed E-state index contributed by atoms with van der Waals surface area (Å²) in [5.41, 5.74) is 7.71. The first-order valence-corrected chi connectivity index (χ1v) is 5.71. The van der Waals surface area contributed by atoms with Crippen LogP contribution < -0.4 is 5.73 Å². The van der Waals surface area contributed by atoms with E-state index in [1.165, 1.54) is 11.1 Å². The van der Waals surface area contributed by atoms with E-state index in [1.54, 1.807) is 12.3 Å². The first kappa shape index (κ1) is 11.9. The SMILES string of the molecule is Nc1ccn[nH]1.c1ccc(-c2ccccc2)cc1. The number of nitrogens with one attached hydrogen (secondary N) is 1. The molecule has 18 heavy (non-hydrogen) atoms. The Balaban J connectivity index is 0.000000169. The molecule has 0 aliphatic heterocycles. The lowest BCUT2D eigenvalue weighted by Gasteiger charge is -1.98. The minimum absolute atomic E-state index is 0.606. The van der Waals surface area contributed by atoms with E-state index in [1.807, 2.05) is 12.1 Å². The average Bonchev–Trinajstić information content (AvgIpc) is 2.93. The Labute approximate surface area is 106 Å². The molecular weight excluding hydrogens is 222 g/mol. The van der Waals surface area contributed by atoms with Crippen LogP contribution in [0, 0.1) is 0 Å². The van der Waals surface area contributed by atoms with Crippen LogP contribution in [0.15, 0.2) is 72.9 Å². The third-order valence-corrected chi connectivity index (χ3v) is 2.40. The molecule has 0 aliphatic rings. The van der Waals surface area contributed by atoms with Gasteiger partial charge in [-0.25, -0.2) is 0 Å². The molecule has 90 valence electrons. The molecule has 0 bridgehead atoms. The van der Waals surface area contributed by atoms with Crippen LogP contribution in [0.1, 0.15) is 0 Å². The number of nitrogens with zero attached hydrogens (tertiary/aromatic N) is 1. The largest absolute Gasteiger partial charge is 0.384 e. The number of anilines is 1. The molecule has 1 heterocycles. The average molecular weight is 237 g/mol. The minimum atomic E-state index is 0.606. The van der Waals surface area contributed by atoms with Crippen molar-refractivity contribution in [1.29, 1.82) is 0 Å². The van der Waals surface area contributed by atoms with Crippen LogP contribution in [0.4, 0.5) is 5.82 Å². The van der Waals surface area contributed by atoms with E-state index >= 15 is 0 Å². The monoisotopic (exact) mass is 237 g/mol. The number of rotatable bonds is 1. The van der Waals surface area contributed by atoms with E-state index in [0.717, 1.165) is 0 Å². The van der Waals surface area contributed by atoms with Crippen LogP contribution in [-0.2, 0) is 0 Å². The zero-order valence-corrected chi connectivity index (χ0v) is 9.95. The van der Waals surface area contributed by atoms with Gasteiger partial charge in [0.25, 0.3) is 0 Å². The minimum Gasteiger partial charge on any atom is -0.384 e. The Morgan fingerprint density at radius 2 is 1.22 bits per heavy atom. The van der Waals surface area contributed by atoms with Crippen molar-refractivity contribution in [3.63, 3.8) is 0 Å². The van der Waals surface area contributed by atoms with Gasteiger partial charge in [-0.15, -0.1) is 0 Å². The van der Waals surface area contributed by atoms with Crippen molar-refractivity contribution in [3.05, 3.63) is 72.9 Å². The molecule has 1 aromatic heterocycles. The number of benzene rings is 2. The lowest BCUT2D eigenvalue weighted by Crippen LogP contribution is -1.81. The molecule has 0 unspecified atom stereocenters. The van der Waals surface area contributed by atoms with Gasteiger partial charge >= 0.3 is 0 Å². The summed E-state index contributed by atoms with van der Waals surface area (Å²) < 4.78 is 0. The first-order chi connectivity index (χ1) is 8.86. The van der Waals surface area contributed by atoms with Crippen LogP contribution in [0.25, 0.3) is 11.1 Å². The number of hydrogen-bond acceptors (Lipinski definition) is 2. The maximum Gasteiger partial charge on any atom is 0.118 e. The molecule has 2 aromatic carbocycles. The fraction of sp³-hybridized carbons (Fsp3) is 0. The van der Waals surface area contributed by atoms with Crippen molar-refractivity contribution in [3.8, 4) is 11.1 Å². The summed E-state index contributed by atoms with van der Waals surface area (Å²) in [4.78, 5) is 0. The first-order valence-electron chi connectivity index (χ1n) is 5.71. The predicted octanol–water partition coefficient (Wildman–Crippen LogP) is 3.35. The normalized spacial score (nSPS) is 9.33. The van der Waals surface area contributed by atoms with Crippen LogP contribution in [-0.4, -0.2) is 10.2 Å². The highest BCUT2D eigenvalue weighted by atomic mass is 15.1. The molecule has 0 spiro atoms. The summed E-state index contributed by atoms with van der Waals surface area (Å²) in [5.74, 6) is 0.606. The summed E-state index contributed by atoms with van der Waals surface area (Å²) >= 11 is 0. The van der Waals surface area contributed by atoms with Gasteiger partial charge in [0.05, 0.1) is 6.20 Å². The summed E-state index contributed by atoms with van der Waals surface area (Å²) in [6.45, 7) is 0. The topological polar surface area (TPSA) is 54.7 Å². The van der Waals surface area contributed by atoms with E-state index in [-0.39, 0.29) is 0 Å². The Hall–Kier alpha value is -2.55. The van der Waals surface area contributed by atoms with Gasteiger partial charge in [0.2, 0.25) is 0 Å². The highest BCUT2D eigenvalue weighted by molar-refractivity contribution is 5.62. The number of aromatic amines is 1. The molecule has 0 fully saturated rings. The molecule has 3 N–H and O–H groups in total. The molecule has 3 aromatic rings. The van der Waals surface area contributed by atoms with Crippen LogP contribution in [0.5, 0.6) is 0 Å². The third-order valence-electron chi connectivity index (χ3n) is 2.40. The van der Waals surface area contributed by atoms with Gasteiger partial charge in [-0.05, 0) is 17.2 Å². The second-order valence-corrected chi connectivity index (χ2v) is 3.74. The van der Waals surface area contributed by atoms with Crippen LogP contribution in [0.3, 0.4) is 0 Å². The maximum absolute atomic E-state index is 5.16. The molecule has 3 rings (SSSR count). The zero-order valence-electron chi connectivity index (χ0n) is 9.95. The molecule has 0 radical (unpaired) electrons. The lowest BCUT2D eigenvalue weighted by molar-refractivity contribution is 1.10. The van der Waals surface area contributed by atoms with E-state index in [2.05, 4.69) is 58.7 Å². The van der Waals surface area contributed by atoms with Crippen molar-refractivity contribution >= 4 is 5.82 Å². The van der Waals surface area contributed by atoms with Gasteiger partial charge in [0.1, 0.15) is 5.82 Å². The van der Waals surface area contributed by atoms with E-state index < -0.39 is 0 Å². The maximum atomic E-state index is 5.16. The molecule has 0 aliphatic carbocycles. The third kappa shape index (κ3) is 3.49. The molecule has 3 nitrogen and oxygen atoms in total. The standard InChI is InChI=1S/C12H10.C3H5N3/c1-3-7-11(8-4-1)12-9-5-2-6-10-12;4-3-1-2-5-6-3/h1-10H;1-2H,(H3,4,5,6). The molecule has 3 heteroatoms. The quantitative estimate of drug-likeness (QED) is 0.682. The van der Waals surface area contributed by atoms with Crippen molar-refractivity contribution < 1.29 is 0 Å². The Kier molecular flexibility index (Phi) is 4.14. The van der Waals surface area contributed by atoms with Crippen molar-refractivity contribution in [1.82, 2.24) is 10.2 Å². The Morgan fingerprint density at radius 1 is 0.722 bits per heavy atom. The van der Waals surface area contributed by atoms with Crippen molar-refractivity contribution in [2.24, 2.45) is 0 Å². The van der Waals surface area contributed by atoms with Gasteiger partial charge in [-0.2, -0.15) is 5.10 Å². The zero-order chi connectivity index (χ0) is 12.6. The number of aromatic nitrogens is 2. The van der Waals surface area contributed by atoms with E-state index in [0.29, 0.717) is 5.82 Å². The highest BCUT2D eigenvalue weighted by Gasteiger charge is 1.91. The summed E-state index contributed by atoms with van der Waals surface area (Å²) in [6.07, 6.45) is 1.61. The molecule has 0 saturated heterocycles. The summed E-state index contributed by atoms with van der Waals surface area (Å²) in [5, 5.41) is 6.10. The second-order valence-electron chi connectivity index (χ2n) is 3.74. The Morgan fingerprint density at radius 3 is 1.50 bits per heavy atom. The highest BCUT2D eigenvalue weighted by Crippen LogP contribution is 2.17. The van der Waals surface area contributed by atoms with Gasteiger partial charge in [0.15, 0.2) is 0 Å². The van der Waals surface area contributed by atoms with Crippen LogP contribution in [0.2, 0.25) is 0 Å². The van der Waals surface area contributed by atoms with Gasteiger partial charge in [-0.1, -0.05) is 60.7 Å². The molecule has 0 saturated carbocycles. The fourth-order valence-electron chi connectivity index (χ4n) is 1.53. The second kappa shape index (κ2) is 6.25.